The SMILES string of the molecule is CC(=O)Nc1ccc(-c2csc(N[C@@H](Cc3ccc(NS(=O)O)cc3)c3csc(-c4ccccc4)n3)n2)cc1. The van der Waals surface area contributed by atoms with Crippen molar-refractivity contribution < 1.29 is 13.6 Å². The molecule has 0 aliphatic heterocycles. The maximum Gasteiger partial charge on any atom is 0.259 e. The average Bonchev–Trinajstić information content (AvgIpc) is 3.60. The number of nitrogens with zero attached hydrogens (tertiary/aromatic N) is 2. The molecule has 2 aromatic heterocycles. The Morgan fingerprint density at radius 1 is 0.897 bits per heavy atom. The van der Waals surface area contributed by atoms with E-state index in [9.17, 15) is 9.00 Å². The highest BCUT2D eigenvalue weighted by Gasteiger charge is 2.19. The van der Waals surface area contributed by atoms with E-state index in [1.165, 1.54) is 18.3 Å². The van der Waals surface area contributed by atoms with Crippen molar-refractivity contribution in [3.63, 3.8) is 0 Å². The van der Waals surface area contributed by atoms with E-state index in [-0.39, 0.29) is 11.9 Å². The molecule has 0 aliphatic rings. The van der Waals surface area contributed by atoms with Crippen molar-refractivity contribution in [1.29, 1.82) is 0 Å². The molecule has 198 valence electrons. The van der Waals surface area contributed by atoms with Crippen LogP contribution in [0.25, 0.3) is 21.8 Å². The molecule has 2 atom stereocenters. The van der Waals surface area contributed by atoms with Crippen molar-refractivity contribution in [2.24, 2.45) is 0 Å². The summed E-state index contributed by atoms with van der Waals surface area (Å²) in [4.78, 5) is 21.1. The lowest BCUT2D eigenvalue weighted by Crippen LogP contribution is -2.14. The largest absolute Gasteiger partial charge is 0.353 e. The molecule has 4 N–H and O–H groups in total. The van der Waals surface area contributed by atoms with Crippen LogP contribution >= 0.6 is 22.7 Å². The number of carbonyl (C=O) groups is 1. The van der Waals surface area contributed by atoms with Gasteiger partial charge in [-0.3, -0.25) is 14.1 Å². The first-order chi connectivity index (χ1) is 18.9. The molecular weight excluding hydrogens is 551 g/mol. The highest BCUT2D eigenvalue weighted by Crippen LogP contribution is 2.32. The number of thiazole rings is 2. The molecule has 1 unspecified atom stereocenters. The van der Waals surface area contributed by atoms with Crippen LogP contribution in [0.5, 0.6) is 0 Å². The lowest BCUT2D eigenvalue weighted by Gasteiger charge is -2.17. The second-order valence-electron chi connectivity index (χ2n) is 8.69. The van der Waals surface area contributed by atoms with Gasteiger partial charge in [-0.05, 0) is 36.2 Å². The second-order valence-corrected chi connectivity index (χ2v) is 11.1. The van der Waals surface area contributed by atoms with E-state index in [1.54, 1.807) is 23.5 Å². The number of hydrogen-bond acceptors (Lipinski definition) is 7. The van der Waals surface area contributed by atoms with Gasteiger partial charge in [-0.25, -0.2) is 14.2 Å². The van der Waals surface area contributed by atoms with Crippen molar-refractivity contribution in [1.82, 2.24) is 9.97 Å². The Morgan fingerprint density at radius 2 is 1.62 bits per heavy atom. The normalized spacial score (nSPS) is 12.5. The van der Waals surface area contributed by atoms with Crippen LogP contribution in [-0.2, 0) is 22.5 Å². The van der Waals surface area contributed by atoms with Crippen molar-refractivity contribution >= 4 is 56.4 Å². The summed E-state index contributed by atoms with van der Waals surface area (Å²) in [6.07, 6.45) is 0.640. The predicted molar refractivity (Wildman–Crippen MR) is 160 cm³/mol. The first-order valence-electron chi connectivity index (χ1n) is 12.0. The third-order valence-electron chi connectivity index (χ3n) is 5.80. The van der Waals surface area contributed by atoms with E-state index in [2.05, 4.69) is 20.7 Å². The van der Waals surface area contributed by atoms with E-state index in [0.29, 0.717) is 12.1 Å². The van der Waals surface area contributed by atoms with Gasteiger partial charge in [0.15, 0.2) is 5.13 Å². The van der Waals surface area contributed by atoms with Gasteiger partial charge >= 0.3 is 0 Å². The molecule has 0 saturated carbocycles. The molecule has 3 aromatic carbocycles. The summed E-state index contributed by atoms with van der Waals surface area (Å²) in [5.74, 6) is -0.110. The smallest absolute Gasteiger partial charge is 0.259 e. The van der Waals surface area contributed by atoms with Crippen LogP contribution in [0.4, 0.5) is 16.5 Å². The summed E-state index contributed by atoms with van der Waals surface area (Å²) in [5, 5.41) is 12.1. The number of amides is 1. The van der Waals surface area contributed by atoms with Gasteiger partial charge < -0.3 is 10.6 Å². The second kappa shape index (κ2) is 12.3. The topological polar surface area (TPSA) is 116 Å². The molecule has 2 heterocycles. The summed E-state index contributed by atoms with van der Waals surface area (Å²) in [6, 6.07) is 24.9. The molecular formula is C28H25N5O3S3. The molecule has 5 aromatic rings. The standard InChI is InChI=1S/C28H25N5O3S3/c1-18(34)29-22-13-9-20(10-14-22)25-16-38-28(32-25)31-24(15-19-7-11-23(12-8-19)33-39(35)36)26-17-37-27(30-26)21-5-3-2-4-6-21/h2-14,16-17,24,33H,15H2,1H3,(H,29,34)(H,31,32)(H,35,36)/t24-/m0/s1. The van der Waals surface area contributed by atoms with Gasteiger partial charge in [0.2, 0.25) is 5.91 Å². The summed E-state index contributed by atoms with van der Waals surface area (Å²) in [7, 11) is 0. The summed E-state index contributed by atoms with van der Waals surface area (Å²) >= 11 is 0.997. The Morgan fingerprint density at radius 3 is 2.31 bits per heavy atom. The highest BCUT2D eigenvalue weighted by atomic mass is 32.2. The molecule has 11 heteroatoms. The molecule has 0 spiro atoms. The highest BCUT2D eigenvalue weighted by molar-refractivity contribution is 7.80. The molecule has 0 bridgehead atoms. The monoisotopic (exact) mass is 575 g/mol. The van der Waals surface area contributed by atoms with Gasteiger partial charge in [0.1, 0.15) is 5.01 Å². The molecule has 0 radical (unpaired) electrons. The summed E-state index contributed by atoms with van der Waals surface area (Å²) in [6.45, 7) is 1.48. The summed E-state index contributed by atoms with van der Waals surface area (Å²) < 4.78 is 22.6. The van der Waals surface area contributed by atoms with Gasteiger partial charge in [-0.2, -0.15) is 0 Å². The zero-order valence-corrected chi connectivity index (χ0v) is 23.3. The van der Waals surface area contributed by atoms with Crippen molar-refractivity contribution in [2.75, 3.05) is 15.4 Å². The Labute approximate surface area is 236 Å². The van der Waals surface area contributed by atoms with Gasteiger partial charge in [0.05, 0.1) is 17.4 Å². The van der Waals surface area contributed by atoms with Crippen molar-refractivity contribution in [2.45, 2.75) is 19.4 Å². The zero-order valence-electron chi connectivity index (χ0n) is 20.8. The third-order valence-corrected chi connectivity index (χ3v) is 7.89. The van der Waals surface area contributed by atoms with Crippen LogP contribution in [-0.4, -0.2) is 24.6 Å². The maximum absolute atomic E-state index is 11.3. The minimum Gasteiger partial charge on any atom is -0.353 e. The third kappa shape index (κ3) is 7.15. The average molecular weight is 576 g/mol. The molecule has 5 rings (SSSR count). The lowest BCUT2D eigenvalue weighted by atomic mass is 10.0. The number of carbonyl (C=O) groups excluding carboxylic acids is 1. The number of hydrogen-bond donors (Lipinski definition) is 4. The Bertz CT molecular complexity index is 1570. The molecule has 0 saturated heterocycles. The molecule has 39 heavy (non-hydrogen) atoms. The first kappa shape index (κ1) is 26.7. The minimum atomic E-state index is -2.12. The fourth-order valence-electron chi connectivity index (χ4n) is 3.98. The van der Waals surface area contributed by atoms with Gasteiger partial charge in [0, 0.05) is 40.2 Å². The van der Waals surface area contributed by atoms with Crippen LogP contribution in [0.1, 0.15) is 24.2 Å². The Balaban J connectivity index is 1.38. The fourth-order valence-corrected chi connectivity index (χ4v) is 5.97. The van der Waals surface area contributed by atoms with Crippen molar-refractivity contribution in [3.05, 3.63) is 101 Å². The van der Waals surface area contributed by atoms with Crippen LogP contribution in [0.15, 0.2) is 89.6 Å². The predicted octanol–water partition coefficient (Wildman–Crippen LogP) is 6.84. The van der Waals surface area contributed by atoms with Crippen LogP contribution in [0.2, 0.25) is 0 Å². The quantitative estimate of drug-likeness (QED) is 0.136. The Hall–Kier alpha value is -3.90. The van der Waals surface area contributed by atoms with E-state index < -0.39 is 11.3 Å². The number of aromatic nitrogens is 2. The number of rotatable bonds is 10. The lowest BCUT2D eigenvalue weighted by molar-refractivity contribution is -0.114. The summed E-state index contributed by atoms with van der Waals surface area (Å²) in [5.41, 5.74) is 6.12. The molecule has 1 amide bonds. The number of benzene rings is 3. The van der Waals surface area contributed by atoms with Gasteiger partial charge in [0.25, 0.3) is 11.3 Å². The number of anilines is 3. The molecule has 0 aliphatic carbocycles. The molecule has 0 fully saturated rings. The van der Waals surface area contributed by atoms with Crippen LogP contribution in [0, 0.1) is 0 Å². The van der Waals surface area contributed by atoms with Gasteiger partial charge in [-0.15, -0.1) is 22.7 Å². The Kier molecular flexibility index (Phi) is 8.42. The van der Waals surface area contributed by atoms with Gasteiger partial charge in [-0.1, -0.05) is 54.6 Å². The van der Waals surface area contributed by atoms with E-state index in [4.69, 9.17) is 14.5 Å². The number of nitrogens with one attached hydrogen (secondary N) is 3. The van der Waals surface area contributed by atoms with Crippen molar-refractivity contribution in [3.8, 4) is 21.8 Å². The minimum absolute atomic E-state index is 0.110. The zero-order chi connectivity index (χ0) is 27.2. The molecule has 8 nitrogen and oxygen atoms in total. The van der Waals surface area contributed by atoms with E-state index in [0.717, 1.165) is 43.9 Å². The van der Waals surface area contributed by atoms with E-state index >= 15 is 0 Å². The first-order valence-corrected chi connectivity index (χ1v) is 14.9. The van der Waals surface area contributed by atoms with E-state index in [1.807, 2.05) is 72.1 Å². The fraction of sp³-hybridized carbons (Fsp3) is 0.107. The van der Waals surface area contributed by atoms with Crippen LogP contribution < -0.4 is 15.4 Å². The van der Waals surface area contributed by atoms with Crippen LogP contribution in [0.3, 0.4) is 0 Å². The maximum atomic E-state index is 11.3.